The Balaban J connectivity index is 1.78. The molecule has 9 nitrogen and oxygen atoms in total. The third-order valence-corrected chi connectivity index (χ3v) is 3.65. The number of aromatic nitrogens is 1. The van der Waals surface area contributed by atoms with Crippen LogP contribution in [0.1, 0.15) is 5.56 Å². The molecule has 0 fully saturated rings. The molecule has 2 N–H and O–H groups in total. The molecule has 3 aromatic rings. The van der Waals surface area contributed by atoms with Crippen LogP contribution in [0.25, 0.3) is 10.9 Å². The van der Waals surface area contributed by atoms with E-state index in [0.29, 0.717) is 11.3 Å². The average molecular weight is 354 g/mol. The van der Waals surface area contributed by atoms with Crippen molar-refractivity contribution < 1.29 is 19.6 Å². The van der Waals surface area contributed by atoms with Crippen LogP contribution in [0.3, 0.4) is 0 Å². The van der Waals surface area contributed by atoms with Crippen molar-refractivity contribution in [3.05, 3.63) is 58.1 Å². The van der Waals surface area contributed by atoms with Gasteiger partial charge in [-0.1, -0.05) is 18.2 Å². The van der Waals surface area contributed by atoms with Gasteiger partial charge >= 0.3 is 5.91 Å². The second kappa shape index (κ2) is 7.01. The Morgan fingerprint density at radius 1 is 1.31 bits per heavy atom. The number of nitrogens with zero attached hydrogens (tertiary/aromatic N) is 3. The highest BCUT2D eigenvalue weighted by atomic mass is 16.6. The molecule has 0 saturated heterocycles. The summed E-state index contributed by atoms with van der Waals surface area (Å²) in [6.45, 7) is 1.52. The van der Waals surface area contributed by atoms with Crippen molar-refractivity contribution in [2.45, 2.75) is 6.92 Å². The molecule has 26 heavy (non-hydrogen) atoms. The van der Waals surface area contributed by atoms with Crippen LogP contribution in [0.2, 0.25) is 0 Å². The molecular formula is C17H14N4O5. The molecule has 1 amide bonds. The zero-order valence-electron chi connectivity index (χ0n) is 13.7. The fourth-order valence-electron chi connectivity index (χ4n) is 2.36. The first-order valence-electron chi connectivity index (χ1n) is 7.58. The van der Waals surface area contributed by atoms with Crippen LogP contribution in [0, 0.1) is 17.0 Å². The first-order valence-corrected chi connectivity index (χ1v) is 7.58. The number of nitrogens with one attached hydrogen (secondary N) is 1. The summed E-state index contributed by atoms with van der Waals surface area (Å²) in [5.41, 5.74) is 1.10. The minimum atomic E-state index is -0.660. The van der Waals surface area contributed by atoms with Gasteiger partial charge in [0.25, 0.3) is 5.69 Å². The van der Waals surface area contributed by atoms with Gasteiger partial charge in [-0.2, -0.15) is 0 Å². The molecular weight excluding hydrogens is 340 g/mol. The van der Waals surface area contributed by atoms with E-state index in [1.165, 1.54) is 18.2 Å². The maximum absolute atomic E-state index is 11.9. The largest absolute Gasteiger partial charge is 0.493 e. The Morgan fingerprint density at radius 2 is 2.08 bits per heavy atom. The molecule has 0 atom stereocenters. The summed E-state index contributed by atoms with van der Waals surface area (Å²) in [4.78, 5) is 24.8. The topological polar surface area (TPSA) is 130 Å². The van der Waals surface area contributed by atoms with Crippen molar-refractivity contribution in [2.24, 2.45) is 10.2 Å². The number of carbonyl (C=O) groups is 1. The summed E-state index contributed by atoms with van der Waals surface area (Å²) in [6, 6.07) is 11.2. The van der Waals surface area contributed by atoms with Gasteiger partial charge in [-0.05, 0) is 24.6 Å². The number of carbonyl (C=O) groups excluding carboxylic acids is 1. The van der Waals surface area contributed by atoms with Crippen molar-refractivity contribution in [1.29, 1.82) is 0 Å². The number of ether oxygens (including phenoxy) is 1. The van der Waals surface area contributed by atoms with E-state index in [1.54, 1.807) is 12.1 Å². The van der Waals surface area contributed by atoms with Crippen LogP contribution in [-0.2, 0) is 4.79 Å². The molecule has 0 aliphatic rings. The standard InChI is InChI=1S/C17H14N4O5/c1-10-4-2-3-5-14(10)26-9-15(22)19-20-16-12-8-11(21(24)25)6-7-13(12)18-17(16)23/h2-8,18,23H,9H2,1H3. The Morgan fingerprint density at radius 3 is 2.81 bits per heavy atom. The van der Waals surface area contributed by atoms with Crippen molar-refractivity contribution in [2.75, 3.05) is 6.61 Å². The zero-order chi connectivity index (χ0) is 18.7. The molecule has 1 heterocycles. The third-order valence-electron chi connectivity index (χ3n) is 3.65. The molecule has 0 aliphatic heterocycles. The number of aromatic amines is 1. The Hall–Kier alpha value is -3.75. The van der Waals surface area contributed by atoms with Crippen LogP contribution in [0.4, 0.5) is 11.4 Å². The second-order valence-corrected chi connectivity index (χ2v) is 5.46. The van der Waals surface area contributed by atoms with Gasteiger partial charge in [-0.15, -0.1) is 10.2 Å². The molecule has 2 aromatic carbocycles. The van der Waals surface area contributed by atoms with Gasteiger partial charge < -0.3 is 14.8 Å². The van der Waals surface area contributed by atoms with Gasteiger partial charge in [-0.25, -0.2) is 0 Å². The third kappa shape index (κ3) is 3.51. The summed E-state index contributed by atoms with van der Waals surface area (Å²) in [5, 5.41) is 28.3. The van der Waals surface area contributed by atoms with Crippen LogP contribution >= 0.6 is 0 Å². The Kier molecular flexibility index (Phi) is 4.61. The predicted octanol–water partition coefficient (Wildman–Crippen LogP) is 3.78. The Bertz CT molecular complexity index is 1030. The summed E-state index contributed by atoms with van der Waals surface area (Å²) in [6.07, 6.45) is 0. The molecule has 0 unspecified atom stereocenters. The number of amides is 1. The molecule has 0 radical (unpaired) electrons. The number of benzene rings is 2. The van der Waals surface area contributed by atoms with Crippen molar-refractivity contribution in [1.82, 2.24) is 4.98 Å². The lowest BCUT2D eigenvalue weighted by Gasteiger charge is -2.05. The summed E-state index contributed by atoms with van der Waals surface area (Å²) < 4.78 is 5.37. The van der Waals surface area contributed by atoms with Crippen LogP contribution < -0.4 is 4.74 Å². The Labute approximate surface area is 147 Å². The van der Waals surface area contributed by atoms with Crippen molar-refractivity contribution >= 4 is 28.2 Å². The van der Waals surface area contributed by atoms with Gasteiger partial charge in [0.2, 0.25) is 5.88 Å². The highest BCUT2D eigenvalue weighted by Gasteiger charge is 2.15. The maximum Gasteiger partial charge on any atom is 0.302 e. The number of hydrogen-bond acceptors (Lipinski definition) is 6. The van der Waals surface area contributed by atoms with Gasteiger partial charge in [0.15, 0.2) is 12.3 Å². The van der Waals surface area contributed by atoms with E-state index in [4.69, 9.17) is 4.74 Å². The second-order valence-electron chi connectivity index (χ2n) is 5.46. The maximum atomic E-state index is 11.9. The molecule has 3 rings (SSSR count). The van der Waals surface area contributed by atoms with E-state index < -0.39 is 10.8 Å². The van der Waals surface area contributed by atoms with Gasteiger partial charge in [0, 0.05) is 17.5 Å². The van der Waals surface area contributed by atoms with E-state index >= 15 is 0 Å². The number of hydrogen-bond donors (Lipinski definition) is 2. The number of aryl methyl sites for hydroxylation is 1. The highest BCUT2D eigenvalue weighted by molar-refractivity contribution is 5.95. The molecule has 0 saturated carbocycles. The number of nitro benzene ring substituents is 1. The molecule has 9 heteroatoms. The number of non-ortho nitro benzene ring substituents is 1. The number of azo groups is 1. The quantitative estimate of drug-likeness (QED) is 0.409. The number of para-hydroxylation sites is 1. The summed E-state index contributed by atoms with van der Waals surface area (Å²) in [5.74, 6) is -0.439. The summed E-state index contributed by atoms with van der Waals surface area (Å²) in [7, 11) is 0. The first-order chi connectivity index (χ1) is 12.5. The van der Waals surface area contributed by atoms with E-state index in [9.17, 15) is 20.0 Å². The molecule has 0 aliphatic carbocycles. The smallest absolute Gasteiger partial charge is 0.302 e. The fourth-order valence-corrected chi connectivity index (χ4v) is 2.36. The minimum Gasteiger partial charge on any atom is -0.493 e. The van der Waals surface area contributed by atoms with E-state index in [1.807, 2.05) is 19.1 Å². The molecule has 1 aromatic heterocycles. The van der Waals surface area contributed by atoms with E-state index in [-0.39, 0.29) is 29.2 Å². The summed E-state index contributed by atoms with van der Waals surface area (Å²) >= 11 is 0. The molecule has 0 spiro atoms. The van der Waals surface area contributed by atoms with Gasteiger partial charge in [0.05, 0.1) is 10.4 Å². The van der Waals surface area contributed by atoms with Gasteiger partial charge in [-0.3, -0.25) is 14.9 Å². The molecule has 132 valence electrons. The molecule has 0 bridgehead atoms. The SMILES string of the molecule is Cc1ccccc1OCC(=O)N=Nc1c(O)[nH]c2ccc([N+](=O)[O-])cc12. The first kappa shape index (κ1) is 17.1. The number of aromatic hydroxyl groups is 1. The van der Waals surface area contributed by atoms with E-state index in [2.05, 4.69) is 15.2 Å². The van der Waals surface area contributed by atoms with Crippen LogP contribution in [-0.4, -0.2) is 27.5 Å². The van der Waals surface area contributed by atoms with Gasteiger partial charge in [0.1, 0.15) is 5.75 Å². The lowest BCUT2D eigenvalue weighted by Crippen LogP contribution is -2.08. The lowest BCUT2D eigenvalue weighted by atomic mass is 10.2. The highest BCUT2D eigenvalue weighted by Crippen LogP contribution is 2.37. The number of nitro groups is 1. The average Bonchev–Trinajstić information content (AvgIpc) is 2.93. The number of fused-ring (bicyclic) bond motifs is 1. The monoisotopic (exact) mass is 354 g/mol. The zero-order valence-corrected chi connectivity index (χ0v) is 13.7. The minimum absolute atomic E-state index is 0.0482. The van der Waals surface area contributed by atoms with Crippen LogP contribution in [0.15, 0.2) is 52.7 Å². The number of rotatable bonds is 5. The predicted molar refractivity (Wildman–Crippen MR) is 92.8 cm³/mol. The van der Waals surface area contributed by atoms with Crippen molar-refractivity contribution in [3.63, 3.8) is 0 Å². The fraction of sp³-hybridized carbons (Fsp3) is 0.118. The number of H-pyrrole nitrogens is 1. The van der Waals surface area contributed by atoms with Crippen LogP contribution in [0.5, 0.6) is 11.6 Å². The van der Waals surface area contributed by atoms with Crippen molar-refractivity contribution in [3.8, 4) is 11.6 Å². The normalized spacial score (nSPS) is 11.1. The van der Waals surface area contributed by atoms with E-state index in [0.717, 1.165) is 5.56 Å². The lowest BCUT2D eigenvalue weighted by molar-refractivity contribution is -0.384.